The van der Waals surface area contributed by atoms with Crippen molar-refractivity contribution in [2.75, 3.05) is 4.90 Å². The summed E-state index contributed by atoms with van der Waals surface area (Å²) in [7, 11) is 0. The van der Waals surface area contributed by atoms with Gasteiger partial charge in [-0.25, -0.2) is 0 Å². The summed E-state index contributed by atoms with van der Waals surface area (Å²) < 4.78 is 0. The van der Waals surface area contributed by atoms with E-state index in [2.05, 4.69) is 180 Å². The molecule has 0 N–H and O–H groups in total. The van der Waals surface area contributed by atoms with Crippen molar-refractivity contribution >= 4 is 40.5 Å². The molecule has 43 heavy (non-hydrogen) atoms. The molecule has 0 aliphatic heterocycles. The Morgan fingerprint density at radius 3 is 1.77 bits per heavy atom. The molecule has 222 valence electrons. The molecular formula is C41H47NS. The number of rotatable bonds is 10. The first-order chi connectivity index (χ1) is 20.6. The van der Waals surface area contributed by atoms with Gasteiger partial charge in [-0.15, -0.1) is 0 Å². The molecule has 1 nitrogen and oxygen atoms in total. The molecule has 0 saturated heterocycles. The van der Waals surface area contributed by atoms with Crippen LogP contribution in [0.15, 0.2) is 121 Å². The maximum Gasteiger partial charge on any atom is 0.0468 e. The average molecular weight is 586 g/mol. The number of nitrogens with zero attached hydrogens (tertiary/aromatic N) is 1. The third kappa shape index (κ3) is 7.36. The van der Waals surface area contributed by atoms with Crippen LogP contribution in [0.25, 0.3) is 10.8 Å². The fourth-order valence-corrected chi connectivity index (χ4v) is 6.74. The second-order valence-electron chi connectivity index (χ2n) is 13.6. The van der Waals surface area contributed by atoms with Crippen molar-refractivity contribution in [1.82, 2.24) is 0 Å². The van der Waals surface area contributed by atoms with Crippen LogP contribution in [-0.4, -0.2) is 0 Å². The molecule has 2 heteroatoms. The van der Waals surface area contributed by atoms with Crippen molar-refractivity contribution in [2.24, 2.45) is 17.3 Å². The fourth-order valence-electron chi connectivity index (χ4n) is 6.53. The Morgan fingerprint density at radius 1 is 0.581 bits per heavy atom. The Bertz CT molecular complexity index is 1600. The average Bonchev–Trinajstić information content (AvgIpc) is 3.03. The number of fused-ring (bicyclic) bond motifs is 1. The van der Waals surface area contributed by atoms with E-state index in [4.69, 9.17) is 0 Å². The van der Waals surface area contributed by atoms with Gasteiger partial charge < -0.3 is 4.90 Å². The summed E-state index contributed by atoms with van der Waals surface area (Å²) >= 11 is 4.45. The van der Waals surface area contributed by atoms with Gasteiger partial charge in [-0.3, -0.25) is 0 Å². The smallest absolute Gasteiger partial charge is 0.0468 e. The van der Waals surface area contributed by atoms with Crippen LogP contribution in [0.2, 0.25) is 0 Å². The minimum Gasteiger partial charge on any atom is -0.310 e. The van der Waals surface area contributed by atoms with Crippen molar-refractivity contribution in [3.05, 3.63) is 138 Å². The zero-order chi connectivity index (χ0) is 30.6. The van der Waals surface area contributed by atoms with Crippen LogP contribution < -0.4 is 4.90 Å². The van der Waals surface area contributed by atoms with Crippen LogP contribution >= 0.6 is 12.6 Å². The molecule has 0 amide bonds. The van der Waals surface area contributed by atoms with Crippen LogP contribution in [0.3, 0.4) is 0 Å². The Kier molecular flexibility index (Phi) is 9.67. The highest BCUT2D eigenvalue weighted by molar-refractivity contribution is 7.79. The summed E-state index contributed by atoms with van der Waals surface area (Å²) in [5.41, 5.74) is 7.87. The SMILES string of the molecule is CC(c1ccc(CS)cc1)C(C)C(C)C(CC(C)(C)C)c1ccc(N(c2ccccc2)c2ccc3ccccc3c2)cc1. The van der Waals surface area contributed by atoms with Crippen LogP contribution in [0.1, 0.15) is 76.5 Å². The normalized spacial score (nSPS) is 14.7. The molecule has 0 radical (unpaired) electrons. The Morgan fingerprint density at radius 2 is 1.14 bits per heavy atom. The first-order valence-electron chi connectivity index (χ1n) is 15.8. The lowest BCUT2D eigenvalue weighted by molar-refractivity contribution is 0.227. The number of benzene rings is 5. The summed E-state index contributed by atoms with van der Waals surface area (Å²) in [4.78, 5) is 2.37. The third-order valence-electron chi connectivity index (χ3n) is 9.36. The summed E-state index contributed by atoms with van der Waals surface area (Å²) in [5, 5.41) is 2.51. The third-order valence-corrected chi connectivity index (χ3v) is 9.72. The van der Waals surface area contributed by atoms with Crippen LogP contribution in [0, 0.1) is 17.3 Å². The molecule has 4 unspecified atom stereocenters. The maximum atomic E-state index is 4.45. The van der Waals surface area contributed by atoms with Crippen LogP contribution in [0.4, 0.5) is 17.1 Å². The number of hydrogen-bond acceptors (Lipinski definition) is 2. The minimum absolute atomic E-state index is 0.232. The molecule has 4 atom stereocenters. The molecule has 5 aromatic carbocycles. The van der Waals surface area contributed by atoms with Gasteiger partial charge in [0.15, 0.2) is 0 Å². The standard InChI is InChI=1S/C41H47NS/c1-29(30(2)33-18-16-32(28-43)17-19-33)31(3)40(27-41(4,5)6)35-21-23-38(24-22-35)42(37-14-8-7-9-15-37)39-25-20-34-12-10-11-13-36(34)26-39/h7-26,29-31,40,43H,27-28H2,1-6H3. The van der Waals surface area contributed by atoms with E-state index in [1.165, 1.54) is 38.8 Å². The van der Waals surface area contributed by atoms with E-state index in [0.29, 0.717) is 23.7 Å². The molecular weight excluding hydrogens is 539 g/mol. The quantitative estimate of drug-likeness (QED) is 0.160. The second-order valence-corrected chi connectivity index (χ2v) is 13.9. The highest BCUT2D eigenvalue weighted by Crippen LogP contribution is 2.44. The monoisotopic (exact) mass is 585 g/mol. The lowest BCUT2D eigenvalue weighted by Crippen LogP contribution is -2.25. The molecule has 0 saturated carbocycles. The number of anilines is 3. The summed E-state index contributed by atoms with van der Waals surface area (Å²) in [6, 6.07) is 44.5. The molecule has 0 aliphatic carbocycles. The highest BCUT2D eigenvalue weighted by Gasteiger charge is 2.31. The van der Waals surface area contributed by atoms with Gasteiger partial charge in [0.05, 0.1) is 0 Å². The van der Waals surface area contributed by atoms with Crippen molar-refractivity contribution in [3.8, 4) is 0 Å². The molecule has 5 aromatic rings. The van der Waals surface area contributed by atoms with Crippen LogP contribution in [0.5, 0.6) is 0 Å². The molecule has 0 spiro atoms. The van der Waals surface area contributed by atoms with E-state index in [9.17, 15) is 0 Å². The van der Waals surface area contributed by atoms with E-state index in [1.54, 1.807) is 0 Å². The van der Waals surface area contributed by atoms with Crippen molar-refractivity contribution in [3.63, 3.8) is 0 Å². The van der Waals surface area contributed by atoms with Gasteiger partial charge in [0, 0.05) is 22.8 Å². The van der Waals surface area contributed by atoms with Gasteiger partial charge in [-0.1, -0.05) is 126 Å². The van der Waals surface area contributed by atoms with E-state index in [1.807, 2.05) is 0 Å². The zero-order valence-corrected chi connectivity index (χ0v) is 27.6. The summed E-state index contributed by atoms with van der Waals surface area (Å²) in [6.45, 7) is 14.4. The van der Waals surface area contributed by atoms with Gasteiger partial charge in [-0.05, 0) is 99.4 Å². The molecule has 0 heterocycles. The Labute approximate surface area is 265 Å². The minimum atomic E-state index is 0.232. The number of hydrogen-bond donors (Lipinski definition) is 1. The largest absolute Gasteiger partial charge is 0.310 e. The Balaban J connectivity index is 1.47. The van der Waals surface area contributed by atoms with Gasteiger partial charge in [0.2, 0.25) is 0 Å². The second kappa shape index (κ2) is 13.4. The fraction of sp³-hybridized carbons (Fsp3) is 0.317. The van der Waals surface area contributed by atoms with E-state index in [-0.39, 0.29) is 5.41 Å². The first kappa shape index (κ1) is 31.0. The van der Waals surface area contributed by atoms with Crippen molar-refractivity contribution in [2.45, 2.75) is 65.6 Å². The summed E-state index contributed by atoms with van der Waals surface area (Å²) in [5.74, 6) is 2.79. The van der Waals surface area contributed by atoms with Gasteiger partial charge in [0.25, 0.3) is 0 Å². The van der Waals surface area contributed by atoms with Gasteiger partial charge >= 0.3 is 0 Å². The Hall–Kier alpha value is -3.49. The molecule has 0 aromatic heterocycles. The topological polar surface area (TPSA) is 3.24 Å². The first-order valence-corrected chi connectivity index (χ1v) is 16.4. The van der Waals surface area contributed by atoms with E-state index in [0.717, 1.165) is 17.9 Å². The predicted octanol–water partition coefficient (Wildman–Crippen LogP) is 12.3. The lowest BCUT2D eigenvalue weighted by atomic mass is 9.68. The highest BCUT2D eigenvalue weighted by atomic mass is 32.1. The zero-order valence-electron chi connectivity index (χ0n) is 26.7. The van der Waals surface area contributed by atoms with E-state index >= 15 is 0 Å². The molecule has 0 fully saturated rings. The van der Waals surface area contributed by atoms with Gasteiger partial charge in [-0.2, -0.15) is 12.6 Å². The molecule has 0 aliphatic rings. The predicted molar refractivity (Wildman–Crippen MR) is 191 cm³/mol. The number of para-hydroxylation sites is 1. The van der Waals surface area contributed by atoms with Crippen molar-refractivity contribution < 1.29 is 0 Å². The van der Waals surface area contributed by atoms with Crippen LogP contribution in [-0.2, 0) is 5.75 Å². The molecule has 5 rings (SSSR count). The molecule has 0 bridgehead atoms. The maximum absolute atomic E-state index is 4.45. The van der Waals surface area contributed by atoms with Crippen molar-refractivity contribution in [1.29, 1.82) is 0 Å². The number of thiol groups is 1. The van der Waals surface area contributed by atoms with E-state index < -0.39 is 0 Å². The lowest BCUT2D eigenvalue weighted by Gasteiger charge is -2.37. The van der Waals surface area contributed by atoms with Gasteiger partial charge in [0.1, 0.15) is 0 Å². The summed E-state index contributed by atoms with van der Waals surface area (Å²) in [6.07, 6.45) is 1.15.